The first-order chi connectivity index (χ1) is 9.74. The van der Waals surface area contributed by atoms with Gasteiger partial charge in [-0.2, -0.15) is 0 Å². The Balaban J connectivity index is 2.31. The van der Waals surface area contributed by atoms with Crippen LogP contribution in [0.3, 0.4) is 0 Å². The second kappa shape index (κ2) is 9.62. The van der Waals surface area contributed by atoms with Gasteiger partial charge >= 0.3 is 6.03 Å². The van der Waals surface area contributed by atoms with Crippen molar-refractivity contribution in [3.8, 4) is 0 Å². The van der Waals surface area contributed by atoms with Crippen molar-refractivity contribution >= 4 is 11.7 Å². The Hall–Kier alpha value is -2.29. The molecule has 106 valence electrons. The van der Waals surface area contributed by atoms with Crippen molar-refractivity contribution in [1.82, 2.24) is 5.32 Å². The topological polar surface area (TPSA) is 41.1 Å². The van der Waals surface area contributed by atoms with Gasteiger partial charge in [-0.05, 0) is 31.1 Å². The normalized spacial score (nSPS) is 11.5. The van der Waals surface area contributed by atoms with Crippen molar-refractivity contribution < 1.29 is 4.79 Å². The molecule has 0 radical (unpaired) electrons. The lowest BCUT2D eigenvalue weighted by Gasteiger charge is -2.06. The van der Waals surface area contributed by atoms with Crippen LogP contribution in [-0.2, 0) is 0 Å². The van der Waals surface area contributed by atoms with Gasteiger partial charge in [0.2, 0.25) is 0 Å². The molecule has 2 amide bonds. The number of hydrogen-bond donors (Lipinski definition) is 2. The number of allylic oxidation sites excluding steroid dienone is 5. The average Bonchev–Trinajstić information content (AvgIpc) is 2.44. The predicted molar refractivity (Wildman–Crippen MR) is 85.7 cm³/mol. The van der Waals surface area contributed by atoms with E-state index < -0.39 is 0 Å². The molecule has 1 aromatic rings. The number of carbonyl (C=O) groups excluding carboxylic acids is 1. The van der Waals surface area contributed by atoms with Crippen molar-refractivity contribution in [3.05, 3.63) is 66.4 Å². The minimum atomic E-state index is -0.245. The summed E-state index contributed by atoms with van der Waals surface area (Å²) in [6.07, 6.45) is 13.6. The molecule has 0 bridgehead atoms. The van der Waals surface area contributed by atoms with E-state index in [0.717, 1.165) is 24.1 Å². The molecule has 0 unspecified atom stereocenters. The van der Waals surface area contributed by atoms with Crippen molar-refractivity contribution in [3.63, 3.8) is 0 Å². The van der Waals surface area contributed by atoms with Gasteiger partial charge in [-0.3, -0.25) is 0 Å². The van der Waals surface area contributed by atoms with E-state index in [4.69, 9.17) is 0 Å². The molecule has 0 spiro atoms. The van der Waals surface area contributed by atoms with Gasteiger partial charge in [-0.1, -0.05) is 55.8 Å². The fraction of sp³-hybridized carbons (Fsp3) is 0.235. The lowest BCUT2D eigenvalue weighted by molar-refractivity contribution is 0.255. The maximum Gasteiger partial charge on any atom is 0.323 e. The van der Waals surface area contributed by atoms with E-state index in [0.29, 0.717) is 0 Å². The van der Waals surface area contributed by atoms with E-state index in [-0.39, 0.29) is 6.03 Å². The summed E-state index contributed by atoms with van der Waals surface area (Å²) in [6, 6.07) is 7.41. The first kappa shape index (κ1) is 15.8. The quantitative estimate of drug-likeness (QED) is 0.732. The minimum Gasteiger partial charge on any atom is -0.314 e. The van der Waals surface area contributed by atoms with E-state index in [1.165, 1.54) is 0 Å². The number of nitrogens with one attached hydrogen (secondary N) is 2. The van der Waals surface area contributed by atoms with Gasteiger partial charge in [0.25, 0.3) is 0 Å². The van der Waals surface area contributed by atoms with E-state index in [2.05, 4.69) is 23.6 Å². The van der Waals surface area contributed by atoms with Crippen LogP contribution in [-0.4, -0.2) is 6.03 Å². The van der Waals surface area contributed by atoms with Crippen LogP contribution in [0.15, 0.2) is 60.8 Å². The zero-order valence-corrected chi connectivity index (χ0v) is 12.1. The Morgan fingerprint density at radius 1 is 1.15 bits per heavy atom. The molecule has 2 N–H and O–H groups in total. The van der Waals surface area contributed by atoms with E-state index in [9.17, 15) is 4.79 Å². The number of unbranched alkanes of at least 4 members (excludes halogenated alkanes) is 1. The van der Waals surface area contributed by atoms with Gasteiger partial charge < -0.3 is 10.6 Å². The Morgan fingerprint density at radius 3 is 2.65 bits per heavy atom. The number of para-hydroxylation sites is 1. The monoisotopic (exact) mass is 270 g/mol. The number of anilines is 1. The highest BCUT2D eigenvalue weighted by atomic mass is 16.2. The van der Waals surface area contributed by atoms with Gasteiger partial charge in [0, 0.05) is 11.9 Å². The number of urea groups is 1. The van der Waals surface area contributed by atoms with Crippen LogP contribution >= 0.6 is 0 Å². The highest BCUT2D eigenvalue weighted by molar-refractivity contribution is 5.90. The third-order valence-electron chi connectivity index (χ3n) is 2.63. The van der Waals surface area contributed by atoms with Crippen LogP contribution in [0, 0.1) is 6.92 Å². The maximum absolute atomic E-state index is 11.6. The fourth-order valence-electron chi connectivity index (χ4n) is 1.52. The van der Waals surface area contributed by atoms with Gasteiger partial charge in [-0.15, -0.1) is 0 Å². The van der Waals surface area contributed by atoms with Crippen molar-refractivity contribution in [2.75, 3.05) is 5.32 Å². The highest BCUT2D eigenvalue weighted by Gasteiger charge is 2.00. The predicted octanol–water partition coefficient (Wildman–Crippen LogP) is 4.54. The number of benzene rings is 1. The maximum atomic E-state index is 11.6. The van der Waals surface area contributed by atoms with Crippen LogP contribution in [0.2, 0.25) is 0 Å². The molecule has 0 fully saturated rings. The summed E-state index contributed by atoms with van der Waals surface area (Å²) in [4.78, 5) is 11.6. The van der Waals surface area contributed by atoms with Crippen molar-refractivity contribution in [1.29, 1.82) is 0 Å². The summed E-state index contributed by atoms with van der Waals surface area (Å²) in [6.45, 7) is 4.10. The molecule has 3 nitrogen and oxygen atoms in total. The number of amides is 2. The molecule has 3 heteroatoms. The van der Waals surface area contributed by atoms with E-state index in [1.807, 2.05) is 49.4 Å². The number of carbonyl (C=O) groups is 1. The SMILES string of the molecule is CCCC=C/C=C\C=C\NC(=O)Nc1ccccc1C. The van der Waals surface area contributed by atoms with Gasteiger partial charge in [0.1, 0.15) is 0 Å². The summed E-state index contributed by atoms with van der Waals surface area (Å²) >= 11 is 0. The Morgan fingerprint density at radius 2 is 1.90 bits per heavy atom. The molecule has 0 atom stereocenters. The summed E-state index contributed by atoms with van der Waals surface area (Å²) in [5, 5.41) is 5.44. The second-order valence-corrected chi connectivity index (χ2v) is 4.37. The van der Waals surface area contributed by atoms with Gasteiger partial charge in [0.05, 0.1) is 0 Å². The standard InChI is InChI=1S/C17H22N2O/c1-3-4-5-6-7-8-11-14-18-17(20)19-16-13-10-9-12-15(16)2/h5-14H,3-4H2,1-2H3,(H2,18,19,20)/b6-5?,8-7-,14-11+. The number of hydrogen-bond acceptors (Lipinski definition) is 1. The molecular weight excluding hydrogens is 248 g/mol. The Bertz CT molecular complexity index is 501. The first-order valence-electron chi connectivity index (χ1n) is 6.85. The van der Waals surface area contributed by atoms with Crippen LogP contribution < -0.4 is 10.6 Å². The summed E-state index contributed by atoms with van der Waals surface area (Å²) in [5.41, 5.74) is 1.85. The van der Waals surface area contributed by atoms with Crippen LogP contribution in [0.25, 0.3) is 0 Å². The molecule has 1 aromatic carbocycles. The Labute approximate surface area is 121 Å². The third-order valence-corrected chi connectivity index (χ3v) is 2.63. The zero-order valence-electron chi connectivity index (χ0n) is 12.1. The second-order valence-electron chi connectivity index (χ2n) is 4.37. The molecule has 0 aliphatic rings. The van der Waals surface area contributed by atoms with Crippen LogP contribution in [0.5, 0.6) is 0 Å². The summed E-state index contributed by atoms with van der Waals surface area (Å²) < 4.78 is 0. The van der Waals surface area contributed by atoms with Crippen molar-refractivity contribution in [2.24, 2.45) is 0 Å². The van der Waals surface area contributed by atoms with Crippen LogP contribution in [0.4, 0.5) is 10.5 Å². The van der Waals surface area contributed by atoms with Gasteiger partial charge in [-0.25, -0.2) is 4.79 Å². The van der Waals surface area contributed by atoms with Gasteiger partial charge in [0.15, 0.2) is 0 Å². The third kappa shape index (κ3) is 6.59. The molecule has 0 heterocycles. The smallest absolute Gasteiger partial charge is 0.314 e. The van der Waals surface area contributed by atoms with E-state index in [1.54, 1.807) is 12.3 Å². The fourth-order valence-corrected chi connectivity index (χ4v) is 1.52. The molecule has 0 saturated carbocycles. The lowest BCUT2D eigenvalue weighted by Crippen LogP contribution is -2.24. The van der Waals surface area contributed by atoms with Crippen molar-refractivity contribution in [2.45, 2.75) is 26.7 Å². The number of rotatable bonds is 6. The molecule has 0 saturated heterocycles. The molecule has 0 aliphatic heterocycles. The zero-order chi connectivity index (χ0) is 14.6. The van der Waals surface area contributed by atoms with Crippen LogP contribution in [0.1, 0.15) is 25.3 Å². The average molecular weight is 270 g/mol. The minimum absolute atomic E-state index is 0.245. The molecule has 20 heavy (non-hydrogen) atoms. The largest absolute Gasteiger partial charge is 0.323 e. The first-order valence-corrected chi connectivity index (χ1v) is 6.85. The summed E-state index contributed by atoms with van der Waals surface area (Å²) in [5.74, 6) is 0. The Kier molecular flexibility index (Phi) is 7.58. The highest BCUT2D eigenvalue weighted by Crippen LogP contribution is 2.12. The molecule has 0 aliphatic carbocycles. The molecule has 1 rings (SSSR count). The molecular formula is C17H22N2O. The number of aryl methyl sites for hydroxylation is 1. The van der Waals surface area contributed by atoms with E-state index >= 15 is 0 Å². The lowest BCUT2D eigenvalue weighted by atomic mass is 10.2. The molecule has 0 aromatic heterocycles. The summed E-state index contributed by atoms with van der Waals surface area (Å²) in [7, 11) is 0.